The Hall–Kier alpha value is -1.00. The number of methoxy groups -OCH3 is 1. The van der Waals surface area contributed by atoms with E-state index in [0.717, 1.165) is 6.29 Å². The lowest BCUT2D eigenvalue weighted by atomic mass is 9.85. The molecule has 1 heterocycles. The number of halogens is 1. The van der Waals surface area contributed by atoms with Crippen LogP contribution in [-0.4, -0.2) is 30.0 Å². The average Bonchev–Trinajstić information content (AvgIpc) is 2.26. The van der Waals surface area contributed by atoms with E-state index in [2.05, 4.69) is 9.97 Å². The third kappa shape index (κ3) is 2.97. The van der Waals surface area contributed by atoms with Crippen LogP contribution in [0.2, 0.25) is 5.15 Å². The second-order valence-corrected chi connectivity index (χ2v) is 3.89. The first kappa shape index (κ1) is 12.1. The molecule has 4 nitrogen and oxygen atoms in total. The summed E-state index contributed by atoms with van der Waals surface area (Å²) in [6.45, 7) is 2.28. The molecule has 0 aromatic carbocycles. The van der Waals surface area contributed by atoms with E-state index in [1.165, 1.54) is 6.20 Å². The van der Waals surface area contributed by atoms with Crippen LogP contribution in [0.3, 0.4) is 0 Å². The molecule has 0 N–H and O–H groups in total. The Bertz CT molecular complexity index is 346. The van der Waals surface area contributed by atoms with Gasteiger partial charge in [0, 0.05) is 19.9 Å². The number of carbonyl (C=O) groups excluding carboxylic acids is 1. The van der Waals surface area contributed by atoms with E-state index in [-0.39, 0.29) is 5.15 Å². The largest absolute Gasteiger partial charge is 0.385 e. The maximum absolute atomic E-state index is 11.1. The standard InChI is InChI=1S/C10H13ClN2O2/c1-10(7-14,3-4-15-2)8-5-12-6-9(11)13-8/h5-7H,3-4H2,1-2H3. The normalized spacial score (nSPS) is 14.6. The minimum absolute atomic E-state index is 0.290. The van der Waals surface area contributed by atoms with Crippen molar-refractivity contribution in [3.63, 3.8) is 0 Å². The molecule has 1 atom stereocenters. The predicted octanol–water partition coefficient (Wildman–Crippen LogP) is 1.62. The van der Waals surface area contributed by atoms with Gasteiger partial charge in [0.2, 0.25) is 0 Å². The van der Waals surface area contributed by atoms with Gasteiger partial charge in [0.05, 0.1) is 17.3 Å². The van der Waals surface area contributed by atoms with Crippen molar-refractivity contribution in [2.45, 2.75) is 18.8 Å². The van der Waals surface area contributed by atoms with E-state index in [9.17, 15) is 4.79 Å². The number of rotatable bonds is 5. The molecular weight excluding hydrogens is 216 g/mol. The van der Waals surface area contributed by atoms with Crippen LogP contribution in [0.5, 0.6) is 0 Å². The summed E-state index contributed by atoms with van der Waals surface area (Å²) in [5.41, 5.74) is -0.115. The molecule has 82 valence electrons. The minimum Gasteiger partial charge on any atom is -0.385 e. The number of carbonyl (C=O) groups is 1. The zero-order valence-electron chi connectivity index (χ0n) is 8.74. The number of nitrogens with zero attached hydrogens (tertiary/aromatic N) is 2. The Morgan fingerprint density at radius 2 is 2.33 bits per heavy atom. The van der Waals surface area contributed by atoms with E-state index in [1.807, 2.05) is 0 Å². The van der Waals surface area contributed by atoms with Crippen molar-refractivity contribution >= 4 is 17.9 Å². The third-order valence-electron chi connectivity index (χ3n) is 2.28. The smallest absolute Gasteiger partial charge is 0.147 e. The van der Waals surface area contributed by atoms with Gasteiger partial charge in [-0.1, -0.05) is 11.6 Å². The SMILES string of the molecule is COCCC(C)(C=O)c1cncc(Cl)n1. The molecule has 0 aliphatic carbocycles. The molecule has 1 aromatic rings. The van der Waals surface area contributed by atoms with Crippen LogP contribution >= 0.6 is 11.6 Å². The topological polar surface area (TPSA) is 52.1 Å². The van der Waals surface area contributed by atoms with Gasteiger partial charge in [-0.2, -0.15) is 0 Å². The second kappa shape index (κ2) is 5.19. The molecule has 0 bridgehead atoms. The Morgan fingerprint density at radius 1 is 1.60 bits per heavy atom. The lowest BCUT2D eigenvalue weighted by Gasteiger charge is -2.21. The zero-order chi connectivity index (χ0) is 11.3. The van der Waals surface area contributed by atoms with Gasteiger partial charge < -0.3 is 9.53 Å². The molecule has 1 unspecified atom stereocenters. The van der Waals surface area contributed by atoms with Crippen molar-refractivity contribution in [3.8, 4) is 0 Å². The van der Waals surface area contributed by atoms with Gasteiger partial charge in [0.1, 0.15) is 11.4 Å². The number of hydrogen-bond acceptors (Lipinski definition) is 4. The first-order chi connectivity index (χ1) is 7.12. The van der Waals surface area contributed by atoms with Gasteiger partial charge in [-0.3, -0.25) is 4.98 Å². The fourth-order valence-corrected chi connectivity index (χ4v) is 1.33. The Kier molecular flexibility index (Phi) is 4.17. The molecule has 0 aliphatic heterocycles. The molecule has 0 fully saturated rings. The molecular formula is C10H13ClN2O2. The molecule has 0 spiro atoms. The van der Waals surface area contributed by atoms with Crippen molar-refractivity contribution in [1.82, 2.24) is 9.97 Å². The summed E-state index contributed by atoms with van der Waals surface area (Å²) in [5, 5.41) is 0.290. The van der Waals surface area contributed by atoms with E-state index in [4.69, 9.17) is 16.3 Å². The highest BCUT2D eigenvalue weighted by Gasteiger charge is 2.28. The molecule has 5 heteroatoms. The minimum atomic E-state index is -0.687. The van der Waals surface area contributed by atoms with Crippen LogP contribution in [0.1, 0.15) is 19.0 Å². The summed E-state index contributed by atoms with van der Waals surface area (Å²) in [7, 11) is 1.59. The number of hydrogen-bond donors (Lipinski definition) is 0. The first-order valence-corrected chi connectivity index (χ1v) is 4.93. The van der Waals surface area contributed by atoms with Crippen molar-refractivity contribution in [1.29, 1.82) is 0 Å². The van der Waals surface area contributed by atoms with Crippen LogP contribution in [0.4, 0.5) is 0 Å². The summed E-state index contributed by atoms with van der Waals surface area (Å²) >= 11 is 5.72. The molecule has 0 amide bonds. The monoisotopic (exact) mass is 228 g/mol. The summed E-state index contributed by atoms with van der Waals surface area (Å²) in [5.74, 6) is 0. The Morgan fingerprint density at radius 3 is 2.87 bits per heavy atom. The van der Waals surface area contributed by atoms with Gasteiger partial charge in [-0.25, -0.2) is 4.98 Å². The predicted molar refractivity (Wildman–Crippen MR) is 57.0 cm³/mol. The number of ether oxygens (including phenoxy) is 1. The van der Waals surface area contributed by atoms with Gasteiger partial charge in [0.15, 0.2) is 0 Å². The maximum atomic E-state index is 11.1. The summed E-state index contributed by atoms with van der Waals surface area (Å²) in [6.07, 6.45) is 4.40. The fourth-order valence-electron chi connectivity index (χ4n) is 1.18. The molecule has 0 aliphatic rings. The molecule has 1 rings (SSSR count). The van der Waals surface area contributed by atoms with E-state index in [0.29, 0.717) is 18.7 Å². The second-order valence-electron chi connectivity index (χ2n) is 3.51. The summed E-state index contributed by atoms with van der Waals surface area (Å²) < 4.78 is 4.95. The summed E-state index contributed by atoms with van der Waals surface area (Å²) in [4.78, 5) is 19.1. The Balaban J connectivity index is 2.94. The molecule has 1 aromatic heterocycles. The van der Waals surface area contributed by atoms with Crippen LogP contribution in [0.15, 0.2) is 12.4 Å². The van der Waals surface area contributed by atoms with Crippen LogP contribution in [0, 0.1) is 0 Å². The van der Waals surface area contributed by atoms with Gasteiger partial charge >= 0.3 is 0 Å². The molecule has 0 saturated heterocycles. The van der Waals surface area contributed by atoms with Crippen molar-refractivity contribution < 1.29 is 9.53 Å². The Labute approximate surface area is 93.6 Å². The van der Waals surface area contributed by atoms with Crippen LogP contribution in [0.25, 0.3) is 0 Å². The van der Waals surface area contributed by atoms with E-state index < -0.39 is 5.41 Å². The molecule has 15 heavy (non-hydrogen) atoms. The van der Waals surface area contributed by atoms with Gasteiger partial charge in [0.25, 0.3) is 0 Å². The maximum Gasteiger partial charge on any atom is 0.147 e. The highest BCUT2D eigenvalue weighted by molar-refractivity contribution is 6.29. The van der Waals surface area contributed by atoms with Crippen molar-refractivity contribution in [2.24, 2.45) is 0 Å². The fraction of sp³-hybridized carbons (Fsp3) is 0.500. The average molecular weight is 229 g/mol. The number of aldehydes is 1. The van der Waals surface area contributed by atoms with Crippen molar-refractivity contribution in [3.05, 3.63) is 23.2 Å². The third-order valence-corrected chi connectivity index (χ3v) is 2.46. The van der Waals surface area contributed by atoms with E-state index >= 15 is 0 Å². The molecule has 0 radical (unpaired) electrons. The highest BCUT2D eigenvalue weighted by Crippen LogP contribution is 2.23. The van der Waals surface area contributed by atoms with E-state index in [1.54, 1.807) is 20.2 Å². The lowest BCUT2D eigenvalue weighted by Crippen LogP contribution is -2.27. The lowest BCUT2D eigenvalue weighted by molar-refractivity contribution is -0.112. The summed E-state index contributed by atoms with van der Waals surface area (Å²) in [6, 6.07) is 0. The highest BCUT2D eigenvalue weighted by atomic mass is 35.5. The van der Waals surface area contributed by atoms with Gasteiger partial charge in [-0.15, -0.1) is 0 Å². The van der Waals surface area contributed by atoms with Gasteiger partial charge in [-0.05, 0) is 13.3 Å². The zero-order valence-corrected chi connectivity index (χ0v) is 9.49. The van der Waals surface area contributed by atoms with Crippen LogP contribution < -0.4 is 0 Å². The quantitative estimate of drug-likeness (QED) is 0.719. The first-order valence-electron chi connectivity index (χ1n) is 4.55. The molecule has 0 saturated carbocycles. The number of aromatic nitrogens is 2. The van der Waals surface area contributed by atoms with Crippen molar-refractivity contribution in [2.75, 3.05) is 13.7 Å². The van der Waals surface area contributed by atoms with Crippen LogP contribution in [-0.2, 0) is 14.9 Å².